The zero-order chi connectivity index (χ0) is 17.2. The largest absolute Gasteiger partial charge is 0.456 e. The Morgan fingerprint density at radius 3 is 2.48 bits per heavy atom. The lowest BCUT2D eigenvalue weighted by atomic mass is 10.1. The highest BCUT2D eigenvalue weighted by Gasteiger charge is 2.12. The maximum absolute atomic E-state index is 12.6. The fourth-order valence-corrected chi connectivity index (χ4v) is 3.47. The third kappa shape index (κ3) is 3.44. The summed E-state index contributed by atoms with van der Waals surface area (Å²) in [5, 5.41) is 0.647. The van der Waals surface area contributed by atoms with Gasteiger partial charge in [0.1, 0.15) is 11.3 Å². The van der Waals surface area contributed by atoms with Crippen LogP contribution in [0.15, 0.2) is 57.7 Å². The molecule has 0 radical (unpaired) electrons. The Bertz CT molecular complexity index is 938. The molecule has 0 spiro atoms. The number of likely N-dealkylation sites (tertiary alicyclic amines) is 1. The first-order valence-corrected chi connectivity index (χ1v) is 8.84. The van der Waals surface area contributed by atoms with Gasteiger partial charge in [-0.3, -0.25) is 9.69 Å². The molecule has 0 aliphatic carbocycles. The number of fused-ring (bicyclic) bond motifs is 1. The van der Waals surface area contributed by atoms with E-state index in [1.807, 2.05) is 24.3 Å². The van der Waals surface area contributed by atoms with Gasteiger partial charge in [0.15, 0.2) is 5.43 Å². The van der Waals surface area contributed by atoms with E-state index in [9.17, 15) is 4.79 Å². The molecule has 0 bridgehead atoms. The Labute approximate surface area is 146 Å². The summed E-state index contributed by atoms with van der Waals surface area (Å²) >= 11 is 0. The summed E-state index contributed by atoms with van der Waals surface area (Å²) in [6, 6.07) is 14.9. The molecule has 0 unspecified atom stereocenters. The number of nitrogens with zero attached hydrogens (tertiary/aromatic N) is 1. The molecular weight excluding hydrogens is 312 g/mol. The van der Waals surface area contributed by atoms with Gasteiger partial charge in [-0.05, 0) is 67.9 Å². The number of hydrogen-bond donors (Lipinski definition) is 1. The van der Waals surface area contributed by atoms with Gasteiger partial charge in [-0.1, -0.05) is 12.5 Å². The third-order valence-corrected chi connectivity index (χ3v) is 4.84. The number of benzene rings is 2. The summed E-state index contributed by atoms with van der Waals surface area (Å²) in [7, 11) is 0. The fourth-order valence-electron chi connectivity index (χ4n) is 3.47. The summed E-state index contributed by atoms with van der Waals surface area (Å²) in [4.78, 5) is 15.0. The van der Waals surface area contributed by atoms with E-state index in [1.165, 1.54) is 24.8 Å². The molecule has 2 aromatic carbocycles. The molecular formula is C21H22N2O2. The molecule has 1 aromatic heterocycles. The topological polar surface area (TPSA) is 59.5 Å². The number of nitrogens with two attached hydrogens (primary N) is 1. The first kappa shape index (κ1) is 15.9. The average molecular weight is 334 g/mol. The van der Waals surface area contributed by atoms with Crippen LogP contribution in [-0.4, -0.2) is 18.0 Å². The number of rotatable bonds is 3. The van der Waals surface area contributed by atoms with E-state index in [1.54, 1.807) is 18.2 Å². The molecule has 0 atom stereocenters. The van der Waals surface area contributed by atoms with Gasteiger partial charge in [-0.15, -0.1) is 0 Å². The predicted molar refractivity (Wildman–Crippen MR) is 101 cm³/mol. The SMILES string of the molecule is Nc1ccc(-c2cc(=O)c3cc(CN4CCCCC4)ccc3o2)cc1. The van der Waals surface area contributed by atoms with Crippen molar-refractivity contribution in [2.45, 2.75) is 25.8 Å². The summed E-state index contributed by atoms with van der Waals surface area (Å²) in [5.74, 6) is 0.571. The zero-order valence-corrected chi connectivity index (χ0v) is 14.2. The number of piperidine rings is 1. The predicted octanol–water partition coefficient (Wildman–Crippen LogP) is 4.03. The van der Waals surface area contributed by atoms with Gasteiger partial charge in [-0.2, -0.15) is 0 Å². The van der Waals surface area contributed by atoms with Crippen molar-refractivity contribution < 1.29 is 4.42 Å². The van der Waals surface area contributed by atoms with Crippen LogP contribution in [0, 0.1) is 0 Å². The Balaban J connectivity index is 1.67. The number of nitrogen functional groups attached to an aromatic ring is 1. The molecule has 0 amide bonds. The highest BCUT2D eigenvalue weighted by Crippen LogP contribution is 2.24. The minimum absolute atomic E-state index is 0.00595. The molecule has 25 heavy (non-hydrogen) atoms. The molecule has 1 saturated heterocycles. The van der Waals surface area contributed by atoms with Crippen LogP contribution in [0.2, 0.25) is 0 Å². The maximum Gasteiger partial charge on any atom is 0.193 e. The van der Waals surface area contributed by atoms with Crippen molar-refractivity contribution in [2.24, 2.45) is 0 Å². The van der Waals surface area contributed by atoms with Gasteiger partial charge in [0.25, 0.3) is 0 Å². The van der Waals surface area contributed by atoms with E-state index >= 15 is 0 Å². The summed E-state index contributed by atoms with van der Waals surface area (Å²) in [5.41, 5.74) is 9.05. The quantitative estimate of drug-likeness (QED) is 0.735. The van der Waals surface area contributed by atoms with Crippen molar-refractivity contribution in [3.05, 3.63) is 64.3 Å². The molecule has 0 saturated carbocycles. The first-order valence-electron chi connectivity index (χ1n) is 8.84. The highest BCUT2D eigenvalue weighted by molar-refractivity contribution is 5.79. The number of hydrogen-bond acceptors (Lipinski definition) is 4. The monoisotopic (exact) mass is 334 g/mol. The van der Waals surface area contributed by atoms with Crippen molar-refractivity contribution >= 4 is 16.7 Å². The lowest BCUT2D eigenvalue weighted by Gasteiger charge is -2.26. The molecule has 1 fully saturated rings. The molecule has 128 valence electrons. The second-order valence-corrected chi connectivity index (χ2v) is 6.76. The summed E-state index contributed by atoms with van der Waals surface area (Å²) < 4.78 is 5.96. The maximum atomic E-state index is 12.6. The smallest absolute Gasteiger partial charge is 0.193 e. The molecule has 1 aliphatic rings. The van der Waals surface area contributed by atoms with Crippen LogP contribution in [-0.2, 0) is 6.54 Å². The van der Waals surface area contributed by atoms with Crippen LogP contribution < -0.4 is 11.2 Å². The van der Waals surface area contributed by atoms with Gasteiger partial charge in [0, 0.05) is 23.9 Å². The van der Waals surface area contributed by atoms with Gasteiger partial charge >= 0.3 is 0 Å². The highest BCUT2D eigenvalue weighted by atomic mass is 16.3. The van der Waals surface area contributed by atoms with Gasteiger partial charge < -0.3 is 10.2 Å². The minimum Gasteiger partial charge on any atom is -0.456 e. The van der Waals surface area contributed by atoms with E-state index in [0.29, 0.717) is 22.4 Å². The molecule has 2 N–H and O–H groups in total. The van der Waals surface area contributed by atoms with Crippen LogP contribution in [0.25, 0.3) is 22.3 Å². The van der Waals surface area contributed by atoms with Crippen LogP contribution in [0.4, 0.5) is 5.69 Å². The molecule has 3 aromatic rings. The van der Waals surface area contributed by atoms with E-state index < -0.39 is 0 Å². The summed E-state index contributed by atoms with van der Waals surface area (Å²) in [6.07, 6.45) is 3.85. The van der Waals surface area contributed by atoms with Crippen molar-refractivity contribution in [3.8, 4) is 11.3 Å². The fraction of sp³-hybridized carbons (Fsp3) is 0.286. The average Bonchev–Trinajstić information content (AvgIpc) is 2.63. The molecule has 2 heterocycles. The van der Waals surface area contributed by atoms with Crippen molar-refractivity contribution in [1.29, 1.82) is 0 Å². The van der Waals surface area contributed by atoms with E-state index in [-0.39, 0.29) is 5.43 Å². The zero-order valence-electron chi connectivity index (χ0n) is 14.2. The third-order valence-electron chi connectivity index (χ3n) is 4.84. The van der Waals surface area contributed by atoms with Crippen LogP contribution >= 0.6 is 0 Å². The lowest BCUT2D eigenvalue weighted by molar-refractivity contribution is 0.221. The lowest BCUT2D eigenvalue weighted by Crippen LogP contribution is -2.29. The minimum atomic E-state index is -0.00595. The standard InChI is InChI=1S/C21H22N2O2/c22-17-7-5-16(6-8-17)21-13-19(24)18-12-15(4-9-20(18)25-21)14-23-10-2-1-3-11-23/h4-9,12-13H,1-3,10-11,14,22H2. The van der Waals surface area contributed by atoms with Crippen LogP contribution in [0.1, 0.15) is 24.8 Å². The van der Waals surface area contributed by atoms with Crippen molar-refractivity contribution in [3.63, 3.8) is 0 Å². The van der Waals surface area contributed by atoms with Gasteiger partial charge in [0.2, 0.25) is 0 Å². The van der Waals surface area contributed by atoms with E-state index in [2.05, 4.69) is 11.0 Å². The van der Waals surface area contributed by atoms with Gasteiger partial charge in [0.05, 0.1) is 5.39 Å². The number of anilines is 1. The van der Waals surface area contributed by atoms with Crippen LogP contribution in [0.3, 0.4) is 0 Å². The van der Waals surface area contributed by atoms with Crippen molar-refractivity contribution in [1.82, 2.24) is 4.90 Å². The molecule has 4 heteroatoms. The normalized spacial score (nSPS) is 15.5. The van der Waals surface area contributed by atoms with Crippen LogP contribution in [0.5, 0.6) is 0 Å². The second-order valence-electron chi connectivity index (χ2n) is 6.76. The Kier molecular flexibility index (Phi) is 4.28. The van der Waals surface area contributed by atoms with Crippen molar-refractivity contribution in [2.75, 3.05) is 18.8 Å². The first-order chi connectivity index (χ1) is 12.2. The second kappa shape index (κ2) is 6.73. The van der Waals surface area contributed by atoms with E-state index in [4.69, 9.17) is 10.2 Å². The Hall–Kier alpha value is -2.59. The molecule has 4 rings (SSSR count). The van der Waals surface area contributed by atoms with E-state index in [0.717, 1.165) is 25.2 Å². The Morgan fingerprint density at radius 1 is 0.960 bits per heavy atom. The molecule has 1 aliphatic heterocycles. The summed E-state index contributed by atoms with van der Waals surface area (Å²) in [6.45, 7) is 3.18. The molecule has 4 nitrogen and oxygen atoms in total. The Morgan fingerprint density at radius 2 is 1.72 bits per heavy atom. The van der Waals surface area contributed by atoms with Gasteiger partial charge in [-0.25, -0.2) is 0 Å².